The van der Waals surface area contributed by atoms with E-state index in [1.54, 1.807) is 0 Å². The second kappa shape index (κ2) is 42.8. The minimum absolute atomic E-state index is 0. The van der Waals surface area contributed by atoms with Crippen LogP contribution in [0.4, 0.5) is 0 Å². The molecule has 5 heteroatoms. The summed E-state index contributed by atoms with van der Waals surface area (Å²) >= 11 is 0. The van der Waals surface area contributed by atoms with E-state index in [9.17, 15) is 0 Å². The molecule has 0 aromatic carbocycles. The maximum absolute atomic E-state index is 4.50. The van der Waals surface area contributed by atoms with Crippen LogP contribution in [0.2, 0.25) is 0 Å². The van der Waals surface area contributed by atoms with Gasteiger partial charge in [0.05, 0.1) is 0 Å². The molecule has 1 nitrogen and oxygen atoms in total. The van der Waals surface area contributed by atoms with Gasteiger partial charge in [0.2, 0.25) is 0 Å². The molecule has 0 saturated carbocycles. The van der Waals surface area contributed by atoms with E-state index in [0.29, 0.717) is 0 Å². The number of hydrogen-bond acceptors (Lipinski definition) is 1. The third-order valence-electron chi connectivity index (χ3n) is 0. The van der Waals surface area contributed by atoms with Crippen molar-refractivity contribution in [1.29, 1.82) is 0 Å². The summed E-state index contributed by atoms with van der Waals surface area (Å²) in [6.07, 6.45) is 0. The molecule has 0 spiro atoms. The maximum atomic E-state index is 4.50. The van der Waals surface area contributed by atoms with Crippen molar-refractivity contribution >= 4 is 99.2 Å². The van der Waals surface area contributed by atoms with E-state index in [-0.39, 0.29) is 99.2 Å². The molecule has 2 radical (unpaired) electrons. The van der Waals surface area contributed by atoms with Crippen LogP contribution in [0.3, 0.4) is 0 Å². The van der Waals surface area contributed by atoms with E-state index in [0.717, 1.165) is 0 Å². The summed E-state index contributed by atoms with van der Waals surface area (Å²) in [7, 11) is 1.50. The van der Waals surface area contributed by atoms with E-state index in [2.05, 4.69) is 5.73 Å². The van der Waals surface area contributed by atoms with E-state index >= 15 is 0 Å². The van der Waals surface area contributed by atoms with Crippen molar-refractivity contribution in [1.82, 2.24) is 0 Å². The summed E-state index contributed by atoms with van der Waals surface area (Å²) in [5.74, 6) is 0. The van der Waals surface area contributed by atoms with E-state index < -0.39 is 0 Å². The topological polar surface area (TPSA) is 26.0 Å². The van der Waals surface area contributed by atoms with Gasteiger partial charge in [-0.2, -0.15) is 0 Å². The van der Waals surface area contributed by atoms with Crippen LogP contribution in [0.25, 0.3) is 0 Å². The van der Waals surface area contributed by atoms with Crippen molar-refractivity contribution in [2.24, 2.45) is 5.73 Å². The summed E-state index contributed by atoms with van der Waals surface area (Å²) in [5, 5.41) is 0. The van der Waals surface area contributed by atoms with E-state index in [1.165, 1.54) is 7.05 Å². The molecule has 0 amide bonds. The zero-order chi connectivity index (χ0) is 2.00. The Morgan fingerprint density at radius 3 is 0.833 bits per heavy atom. The third-order valence-corrected chi connectivity index (χ3v) is 0. The van der Waals surface area contributed by atoms with Gasteiger partial charge in [-0.05, 0) is 7.05 Å². The van der Waals surface area contributed by atoms with Crippen LogP contribution in [0, 0.1) is 0 Å². The zero-order valence-corrected chi connectivity index (χ0v) is 16.0. The number of nitrogens with two attached hydrogens (primary N) is 1. The first-order valence-electron chi connectivity index (χ1n) is 0.577. The molecule has 0 rings (SSSR count). The van der Waals surface area contributed by atoms with Crippen LogP contribution in [-0.2, 0) is 0 Å². The van der Waals surface area contributed by atoms with Crippen molar-refractivity contribution in [2.75, 3.05) is 7.05 Å². The van der Waals surface area contributed by atoms with Gasteiger partial charge in [0.15, 0.2) is 0 Å². The Bertz CT molecular complexity index is 10.8. The summed E-state index contributed by atoms with van der Waals surface area (Å²) < 4.78 is 0. The molecule has 0 aromatic rings. The van der Waals surface area contributed by atoms with Gasteiger partial charge >= 0.3 is 27.3 Å². The van der Waals surface area contributed by atoms with Crippen LogP contribution in [0.5, 0.6) is 0 Å². The van der Waals surface area contributed by atoms with Crippen molar-refractivity contribution in [3.05, 3.63) is 0 Å². The first kappa shape index (κ1) is 35.6. The molecular formula is CH10I3NPb. The SMILES string of the molecule is CN.I.I.I.[PbH2]. The number of halogens is 3. The molecule has 2 N–H and O–H groups in total. The van der Waals surface area contributed by atoms with Crippen molar-refractivity contribution in [3.8, 4) is 0 Å². The Hall–Kier alpha value is 3.07. The predicted octanol–water partition coefficient (Wildman–Crippen LogP) is 0.513. The molecule has 0 aliphatic heterocycles. The zero-order valence-electron chi connectivity index (χ0n) is 3.51. The van der Waals surface area contributed by atoms with Crippen molar-refractivity contribution in [2.45, 2.75) is 0 Å². The van der Waals surface area contributed by atoms with Crippen LogP contribution in [0.15, 0.2) is 0 Å². The molecule has 6 heavy (non-hydrogen) atoms. The molecule has 0 bridgehead atoms. The van der Waals surface area contributed by atoms with E-state index in [4.69, 9.17) is 0 Å². The molecule has 0 unspecified atom stereocenters. The average Bonchev–Trinajstić information content (AvgIpc) is 1.00. The molecular weight excluding hydrogens is 614 g/mol. The molecule has 0 heterocycles. The summed E-state index contributed by atoms with van der Waals surface area (Å²) in [5.41, 5.74) is 4.50. The second-order valence-corrected chi connectivity index (χ2v) is 0. The second-order valence-electron chi connectivity index (χ2n) is 0. The molecule has 0 aliphatic rings. The van der Waals surface area contributed by atoms with Crippen LogP contribution < -0.4 is 5.73 Å². The monoisotopic (exact) mass is 625 g/mol. The number of hydrogen-bond donors (Lipinski definition) is 1. The van der Waals surface area contributed by atoms with Gasteiger partial charge in [0.25, 0.3) is 0 Å². The van der Waals surface area contributed by atoms with Gasteiger partial charge in [-0.15, -0.1) is 71.9 Å². The van der Waals surface area contributed by atoms with Gasteiger partial charge < -0.3 is 5.73 Å². The quantitative estimate of drug-likeness (QED) is 0.309. The third kappa shape index (κ3) is 27.6. The van der Waals surface area contributed by atoms with Crippen LogP contribution in [-0.4, -0.2) is 34.3 Å². The Balaban J connectivity index is -0.000000000833. The van der Waals surface area contributed by atoms with Crippen LogP contribution in [0.1, 0.15) is 0 Å². The Morgan fingerprint density at radius 2 is 0.833 bits per heavy atom. The van der Waals surface area contributed by atoms with Gasteiger partial charge in [-0.25, -0.2) is 0 Å². The molecule has 44 valence electrons. The first-order chi connectivity index (χ1) is 1.00. The molecule has 0 fully saturated rings. The molecule has 0 aromatic heterocycles. The summed E-state index contributed by atoms with van der Waals surface area (Å²) in [4.78, 5) is 0. The van der Waals surface area contributed by atoms with E-state index in [1.807, 2.05) is 0 Å². The van der Waals surface area contributed by atoms with Crippen LogP contribution >= 0.6 is 71.9 Å². The van der Waals surface area contributed by atoms with Crippen molar-refractivity contribution < 1.29 is 0 Å². The molecule has 0 saturated heterocycles. The minimum atomic E-state index is 0. The Labute approximate surface area is 110 Å². The fourth-order valence-electron chi connectivity index (χ4n) is 0. The van der Waals surface area contributed by atoms with Gasteiger partial charge in [-0.1, -0.05) is 0 Å². The summed E-state index contributed by atoms with van der Waals surface area (Å²) in [6.45, 7) is 0. The van der Waals surface area contributed by atoms with Gasteiger partial charge in [-0.3, -0.25) is 0 Å². The van der Waals surface area contributed by atoms with Gasteiger partial charge in [0, 0.05) is 0 Å². The van der Waals surface area contributed by atoms with Crippen molar-refractivity contribution in [3.63, 3.8) is 0 Å². The number of rotatable bonds is 0. The standard InChI is InChI=1S/CH5N.3HI.Pb.2H/c1-2;;;;;;/h2H2,1H3;3*1H;;;. The van der Waals surface area contributed by atoms with Gasteiger partial charge in [0.1, 0.15) is 0 Å². The molecule has 0 atom stereocenters. The fourth-order valence-corrected chi connectivity index (χ4v) is 0. The Morgan fingerprint density at radius 1 is 0.833 bits per heavy atom. The predicted molar refractivity (Wildman–Crippen MR) is 64.9 cm³/mol. The summed E-state index contributed by atoms with van der Waals surface area (Å²) in [6, 6.07) is 0. The fraction of sp³-hybridized carbons (Fsp3) is 1.00. The Kier molecular flexibility index (Phi) is 254. The first-order valence-corrected chi connectivity index (χ1v) is 0.577. The molecule has 0 aliphatic carbocycles. The average molecular weight is 624 g/mol. The normalized spacial score (nSPS) is 1.00.